The highest BCUT2D eigenvalue weighted by Crippen LogP contribution is 2.13. The molecule has 0 spiro atoms. The maximum Gasteiger partial charge on any atom is 0.269 e. The van der Waals surface area contributed by atoms with Gasteiger partial charge in [0.05, 0.1) is 4.92 Å². The van der Waals surface area contributed by atoms with E-state index in [0.717, 1.165) is 25.8 Å². The monoisotopic (exact) mass is 236 g/mol. The van der Waals surface area contributed by atoms with E-state index in [2.05, 4.69) is 19.2 Å². The van der Waals surface area contributed by atoms with Crippen LogP contribution in [-0.4, -0.2) is 17.5 Å². The van der Waals surface area contributed by atoms with Crippen molar-refractivity contribution in [2.75, 3.05) is 6.54 Å². The molecule has 0 fully saturated rings. The molecule has 0 aliphatic rings. The highest BCUT2D eigenvalue weighted by molar-refractivity contribution is 5.32. The fourth-order valence-corrected chi connectivity index (χ4v) is 1.85. The van der Waals surface area contributed by atoms with Crippen molar-refractivity contribution in [3.63, 3.8) is 0 Å². The van der Waals surface area contributed by atoms with Crippen LogP contribution in [0.25, 0.3) is 0 Å². The van der Waals surface area contributed by atoms with Gasteiger partial charge in [-0.3, -0.25) is 10.1 Å². The zero-order chi connectivity index (χ0) is 12.7. The standard InChI is InChI=1S/C13H20N2O2/c1-3-14-11(2)5-4-6-12-7-9-13(10-8-12)15(16)17/h7-11,14H,3-6H2,1-2H3. The lowest BCUT2D eigenvalue weighted by atomic mass is 10.1. The SMILES string of the molecule is CCNC(C)CCCc1ccc([N+](=O)[O-])cc1. The van der Waals surface area contributed by atoms with Crippen molar-refractivity contribution in [3.8, 4) is 0 Å². The molecule has 1 rings (SSSR count). The third-order valence-corrected chi connectivity index (χ3v) is 2.80. The second-order valence-electron chi connectivity index (χ2n) is 4.27. The summed E-state index contributed by atoms with van der Waals surface area (Å²) in [5.74, 6) is 0. The van der Waals surface area contributed by atoms with Crippen LogP contribution in [0.4, 0.5) is 5.69 Å². The van der Waals surface area contributed by atoms with Crippen molar-refractivity contribution in [2.24, 2.45) is 0 Å². The van der Waals surface area contributed by atoms with Crippen LogP contribution in [0.1, 0.15) is 32.3 Å². The van der Waals surface area contributed by atoms with Crippen LogP contribution in [-0.2, 0) is 6.42 Å². The average molecular weight is 236 g/mol. The van der Waals surface area contributed by atoms with E-state index in [0.29, 0.717) is 6.04 Å². The predicted octanol–water partition coefficient (Wildman–Crippen LogP) is 2.92. The summed E-state index contributed by atoms with van der Waals surface area (Å²) in [4.78, 5) is 10.1. The molecule has 94 valence electrons. The maximum absolute atomic E-state index is 10.5. The molecule has 4 heteroatoms. The van der Waals surface area contributed by atoms with Crippen LogP contribution >= 0.6 is 0 Å². The quantitative estimate of drug-likeness (QED) is 0.585. The van der Waals surface area contributed by atoms with Crippen molar-refractivity contribution in [3.05, 3.63) is 39.9 Å². The summed E-state index contributed by atoms with van der Waals surface area (Å²) in [7, 11) is 0. The minimum absolute atomic E-state index is 0.162. The first-order valence-electron chi connectivity index (χ1n) is 6.10. The van der Waals surface area contributed by atoms with Gasteiger partial charge in [-0.2, -0.15) is 0 Å². The Labute approximate surface area is 102 Å². The lowest BCUT2D eigenvalue weighted by Crippen LogP contribution is -2.25. The van der Waals surface area contributed by atoms with Crippen LogP contribution in [0.5, 0.6) is 0 Å². The molecule has 0 amide bonds. The van der Waals surface area contributed by atoms with E-state index < -0.39 is 0 Å². The lowest BCUT2D eigenvalue weighted by molar-refractivity contribution is -0.384. The minimum Gasteiger partial charge on any atom is -0.315 e. The number of benzene rings is 1. The average Bonchev–Trinajstić information content (AvgIpc) is 2.30. The van der Waals surface area contributed by atoms with E-state index in [-0.39, 0.29) is 10.6 Å². The number of hydrogen-bond donors (Lipinski definition) is 1. The number of nitro benzene ring substituents is 1. The molecule has 0 saturated carbocycles. The van der Waals surface area contributed by atoms with E-state index in [9.17, 15) is 10.1 Å². The van der Waals surface area contributed by atoms with E-state index in [1.54, 1.807) is 12.1 Å². The summed E-state index contributed by atoms with van der Waals surface area (Å²) < 4.78 is 0. The van der Waals surface area contributed by atoms with Gasteiger partial charge in [0, 0.05) is 18.2 Å². The molecule has 1 N–H and O–H groups in total. The number of nitrogens with one attached hydrogen (secondary N) is 1. The molecule has 0 aromatic heterocycles. The Bertz CT molecular complexity index is 349. The molecule has 1 aromatic carbocycles. The molecule has 0 aliphatic heterocycles. The van der Waals surface area contributed by atoms with Gasteiger partial charge in [0.15, 0.2) is 0 Å². The summed E-state index contributed by atoms with van der Waals surface area (Å²) in [6.45, 7) is 5.28. The summed E-state index contributed by atoms with van der Waals surface area (Å²) in [6, 6.07) is 7.37. The third kappa shape index (κ3) is 4.95. The molecule has 0 radical (unpaired) electrons. The molecule has 0 aliphatic carbocycles. The number of nitro groups is 1. The Balaban J connectivity index is 2.34. The number of non-ortho nitro benzene ring substituents is 1. The molecular formula is C13H20N2O2. The molecule has 4 nitrogen and oxygen atoms in total. The number of rotatable bonds is 7. The summed E-state index contributed by atoms with van der Waals surface area (Å²) in [5, 5.41) is 13.9. The van der Waals surface area contributed by atoms with Gasteiger partial charge in [-0.05, 0) is 38.3 Å². The smallest absolute Gasteiger partial charge is 0.269 e. The molecule has 1 atom stereocenters. The fourth-order valence-electron chi connectivity index (χ4n) is 1.85. The molecule has 0 bridgehead atoms. The topological polar surface area (TPSA) is 55.2 Å². The van der Waals surface area contributed by atoms with Crippen molar-refractivity contribution in [1.29, 1.82) is 0 Å². The van der Waals surface area contributed by atoms with Gasteiger partial charge >= 0.3 is 0 Å². The Morgan fingerprint density at radius 2 is 2.00 bits per heavy atom. The van der Waals surface area contributed by atoms with Gasteiger partial charge in [0.25, 0.3) is 5.69 Å². The summed E-state index contributed by atoms with van der Waals surface area (Å²) >= 11 is 0. The normalized spacial score (nSPS) is 12.4. The zero-order valence-electron chi connectivity index (χ0n) is 10.5. The fraction of sp³-hybridized carbons (Fsp3) is 0.538. The minimum atomic E-state index is -0.364. The first kappa shape index (κ1) is 13.6. The van der Waals surface area contributed by atoms with E-state index in [4.69, 9.17) is 0 Å². The van der Waals surface area contributed by atoms with Gasteiger partial charge in [-0.15, -0.1) is 0 Å². The molecule has 0 heterocycles. The van der Waals surface area contributed by atoms with Crippen LogP contribution < -0.4 is 5.32 Å². The maximum atomic E-state index is 10.5. The van der Waals surface area contributed by atoms with Gasteiger partial charge in [-0.25, -0.2) is 0 Å². The number of aryl methyl sites for hydroxylation is 1. The van der Waals surface area contributed by atoms with E-state index >= 15 is 0 Å². The van der Waals surface area contributed by atoms with E-state index in [1.807, 2.05) is 12.1 Å². The highest BCUT2D eigenvalue weighted by Gasteiger charge is 2.04. The van der Waals surface area contributed by atoms with Crippen LogP contribution in [0.15, 0.2) is 24.3 Å². The molecule has 17 heavy (non-hydrogen) atoms. The Morgan fingerprint density at radius 3 is 2.53 bits per heavy atom. The van der Waals surface area contributed by atoms with E-state index in [1.165, 1.54) is 5.56 Å². The zero-order valence-corrected chi connectivity index (χ0v) is 10.5. The lowest BCUT2D eigenvalue weighted by Gasteiger charge is -2.11. The largest absolute Gasteiger partial charge is 0.315 e. The first-order chi connectivity index (χ1) is 8.13. The Hall–Kier alpha value is -1.42. The van der Waals surface area contributed by atoms with Crippen molar-refractivity contribution < 1.29 is 4.92 Å². The third-order valence-electron chi connectivity index (χ3n) is 2.80. The summed E-state index contributed by atoms with van der Waals surface area (Å²) in [6.07, 6.45) is 3.21. The van der Waals surface area contributed by atoms with Crippen molar-refractivity contribution >= 4 is 5.69 Å². The van der Waals surface area contributed by atoms with Gasteiger partial charge in [0.1, 0.15) is 0 Å². The molecule has 1 aromatic rings. The van der Waals surface area contributed by atoms with Crippen molar-refractivity contribution in [1.82, 2.24) is 5.32 Å². The molecule has 1 unspecified atom stereocenters. The summed E-state index contributed by atoms with van der Waals surface area (Å²) in [5.41, 5.74) is 1.33. The number of nitrogens with zero attached hydrogens (tertiary/aromatic N) is 1. The van der Waals surface area contributed by atoms with Crippen LogP contribution in [0, 0.1) is 10.1 Å². The van der Waals surface area contributed by atoms with Crippen molar-refractivity contribution in [2.45, 2.75) is 39.2 Å². The van der Waals surface area contributed by atoms with Gasteiger partial charge in [-0.1, -0.05) is 19.1 Å². The van der Waals surface area contributed by atoms with Crippen LogP contribution in [0.2, 0.25) is 0 Å². The molecular weight excluding hydrogens is 216 g/mol. The predicted molar refractivity (Wildman–Crippen MR) is 69.2 cm³/mol. The molecule has 0 saturated heterocycles. The Kier molecular flexibility index (Phi) is 5.63. The van der Waals surface area contributed by atoms with Gasteiger partial charge < -0.3 is 5.32 Å². The van der Waals surface area contributed by atoms with Gasteiger partial charge in [0.2, 0.25) is 0 Å². The second-order valence-corrected chi connectivity index (χ2v) is 4.27. The van der Waals surface area contributed by atoms with Crippen LogP contribution in [0.3, 0.4) is 0 Å². The second kappa shape index (κ2) is 7.01. The number of hydrogen-bond acceptors (Lipinski definition) is 3. The highest BCUT2D eigenvalue weighted by atomic mass is 16.6. The Morgan fingerprint density at radius 1 is 1.35 bits per heavy atom. The first-order valence-corrected chi connectivity index (χ1v) is 6.10.